The maximum absolute atomic E-state index is 12.1. The van der Waals surface area contributed by atoms with E-state index in [0.717, 1.165) is 16.5 Å². The quantitative estimate of drug-likeness (QED) is 0.867. The van der Waals surface area contributed by atoms with E-state index in [0.29, 0.717) is 43.2 Å². The summed E-state index contributed by atoms with van der Waals surface area (Å²) in [5.41, 5.74) is 7.03. The summed E-state index contributed by atoms with van der Waals surface area (Å²) in [5, 5.41) is 0. The third-order valence-electron chi connectivity index (χ3n) is 2.89. The molecule has 1 aromatic rings. The van der Waals surface area contributed by atoms with Gasteiger partial charge in [0.15, 0.2) is 17.3 Å². The molecular weight excluding hydrogens is 298 g/mol. The molecule has 0 unspecified atom stereocenters. The van der Waals surface area contributed by atoms with Gasteiger partial charge in [-0.3, -0.25) is 4.79 Å². The van der Waals surface area contributed by atoms with Crippen molar-refractivity contribution >= 4 is 21.7 Å². The Balaban J connectivity index is 2.54. The highest BCUT2D eigenvalue weighted by molar-refractivity contribution is 9.10. The van der Waals surface area contributed by atoms with Crippen molar-refractivity contribution in [3.63, 3.8) is 0 Å². The van der Waals surface area contributed by atoms with Crippen LogP contribution in [0.5, 0.6) is 11.5 Å². The van der Waals surface area contributed by atoms with E-state index in [2.05, 4.69) is 15.9 Å². The lowest BCUT2D eigenvalue weighted by Gasteiger charge is -2.23. The Labute approximate surface area is 115 Å². The first kappa shape index (κ1) is 13.4. The molecule has 1 aromatic carbocycles. The monoisotopic (exact) mass is 313 g/mol. The molecule has 1 aliphatic heterocycles. The summed E-state index contributed by atoms with van der Waals surface area (Å²) in [5.74, 6) is 1.44. The lowest BCUT2D eigenvalue weighted by atomic mass is 9.98. The second-order valence-corrected chi connectivity index (χ2v) is 4.91. The number of halogens is 1. The Bertz CT molecular complexity index is 474. The number of hydrogen-bond acceptors (Lipinski definition) is 4. The first-order valence-corrected chi connectivity index (χ1v) is 6.82. The maximum Gasteiger partial charge on any atom is 0.165 e. The molecule has 0 spiro atoms. The van der Waals surface area contributed by atoms with Crippen molar-refractivity contribution < 1.29 is 14.3 Å². The highest BCUT2D eigenvalue weighted by atomic mass is 79.9. The van der Waals surface area contributed by atoms with Crippen LogP contribution >= 0.6 is 15.9 Å². The predicted molar refractivity (Wildman–Crippen MR) is 72.5 cm³/mol. The topological polar surface area (TPSA) is 61.6 Å². The fraction of sp³-hybridized carbons (Fsp3) is 0.462. The second-order valence-electron chi connectivity index (χ2n) is 4.05. The molecule has 0 aromatic heterocycles. The van der Waals surface area contributed by atoms with Crippen molar-refractivity contribution in [2.45, 2.75) is 19.8 Å². The number of rotatable bonds is 4. The van der Waals surface area contributed by atoms with Crippen molar-refractivity contribution in [2.24, 2.45) is 5.73 Å². The van der Waals surface area contributed by atoms with E-state index in [-0.39, 0.29) is 5.78 Å². The molecule has 0 aliphatic carbocycles. The molecular formula is C13H16BrNO3. The lowest BCUT2D eigenvalue weighted by Crippen LogP contribution is -2.19. The van der Waals surface area contributed by atoms with Crippen LogP contribution in [-0.2, 0) is 6.42 Å². The molecule has 5 heteroatoms. The molecule has 4 nitrogen and oxygen atoms in total. The van der Waals surface area contributed by atoms with Gasteiger partial charge in [-0.15, -0.1) is 0 Å². The van der Waals surface area contributed by atoms with Crippen LogP contribution in [0, 0.1) is 0 Å². The third-order valence-corrected chi connectivity index (χ3v) is 3.51. The molecule has 0 saturated heterocycles. The van der Waals surface area contributed by atoms with Gasteiger partial charge in [0, 0.05) is 22.0 Å². The summed E-state index contributed by atoms with van der Waals surface area (Å²) in [4.78, 5) is 12.1. The standard InChI is InChI=1S/C13H16BrNO3/c1-2-8-12(10(16)3-4-15)9(14)7-11-13(8)18-6-5-17-11/h7H,2-6,15H2,1H3. The van der Waals surface area contributed by atoms with Crippen molar-refractivity contribution in [1.82, 2.24) is 0 Å². The minimum atomic E-state index is 0.0400. The van der Waals surface area contributed by atoms with Crippen molar-refractivity contribution in [1.29, 1.82) is 0 Å². The number of fused-ring (bicyclic) bond motifs is 1. The fourth-order valence-corrected chi connectivity index (χ4v) is 2.78. The van der Waals surface area contributed by atoms with Gasteiger partial charge in [-0.25, -0.2) is 0 Å². The van der Waals surface area contributed by atoms with Crippen molar-refractivity contribution in [3.05, 3.63) is 21.7 Å². The van der Waals surface area contributed by atoms with Crippen LogP contribution in [0.3, 0.4) is 0 Å². The van der Waals surface area contributed by atoms with Gasteiger partial charge in [0.25, 0.3) is 0 Å². The summed E-state index contributed by atoms with van der Waals surface area (Å²) in [7, 11) is 0. The third kappa shape index (κ3) is 2.37. The number of ether oxygens (including phenoxy) is 2. The number of benzene rings is 1. The van der Waals surface area contributed by atoms with Crippen LogP contribution in [0.2, 0.25) is 0 Å². The number of nitrogens with two attached hydrogens (primary N) is 1. The van der Waals surface area contributed by atoms with Crippen LogP contribution in [-0.4, -0.2) is 25.5 Å². The van der Waals surface area contributed by atoms with Gasteiger partial charge >= 0.3 is 0 Å². The summed E-state index contributed by atoms with van der Waals surface area (Å²) < 4.78 is 11.9. The minimum Gasteiger partial charge on any atom is -0.486 e. The number of carbonyl (C=O) groups excluding carboxylic acids is 1. The SMILES string of the molecule is CCc1c2c(cc(Br)c1C(=O)CCN)OCCO2. The zero-order valence-corrected chi connectivity index (χ0v) is 11.9. The second kappa shape index (κ2) is 5.71. The van der Waals surface area contributed by atoms with E-state index in [1.807, 2.05) is 6.92 Å². The van der Waals surface area contributed by atoms with E-state index in [1.165, 1.54) is 0 Å². The van der Waals surface area contributed by atoms with Crippen LogP contribution in [0.15, 0.2) is 10.5 Å². The zero-order chi connectivity index (χ0) is 13.1. The van der Waals surface area contributed by atoms with Gasteiger partial charge in [0.1, 0.15) is 13.2 Å². The van der Waals surface area contributed by atoms with Crippen LogP contribution in [0.1, 0.15) is 29.3 Å². The normalized spacial score (nSPS) is 13.5. The van der Waals surface area contributed by atoms with Gasteiger partial charge in [-0.2, -0.15) is 0 Å². The molecule has 18 heavy (non-hydrogen) atoms. The van der Waals surface area contributed by atoms with Gasteiger partial charge in [-0.05, 0) is 35.0 Å². The number of Topliss-reactive ketones (excluding diaryl/α,β-unsaturated/α-hetero) is 1. The molecule has 1 heterocycles. The number of ketones is 1. The Morgan fingerprint density at radius 1 is 1.44 bits per heavy atom. The Kier molecular flexibility index (Phi) is 4.24. The average Bonchev–Trinajstić information content (AvgIpc) is 2.37. The van der Waals surface area contributed by atoms with E-state index in [9.17, 15) is 4.79 Å². The van der Waals surface area contributed by atoms with E-state index in [4.69, 9.17) is 15.2 Å². The Hall–Kier alpha value is -1.07. The van der Waals surface area contributed by atoms with Crippen LogP contribution in [0.25, 0.3) is 0 Å². The van der Waals surface area contributed by atoms with Crippen LogP contribution in [0.4, 0.5) is 0 Å². The van der Waals surface area contributed by atoms with E-state index >= 15 is 0 Å². The van der Waals surface area contributed by atoms with Gasteiger partial charge < -0.3 is 15.2 Å². The summed E-state index contributed by atoms with van der Waals surface area (Å²) in [6, 6.07) is 1.80. The molecule has 2 rings (SSSR count). The summed E-state index contributed by atoms with van der Waals surface area (Å²) in [6.07, 6.45) is 1.06. The van der Waals surface area contributed by atoms with Crippen molar-refractivity contribution in [3.8, 4) is 11.5 Å². The molecule has 0 radical (unpaired) electrons. The van der Waals surface area contributed by atoms with Gasteiger partial charge in [0.05, 0.1) is 0 Å². The molecule has 0 bridgehead atoms. The molecule has 0 atom stereocenters. The van der Waals surface area contributed by atoms with Gasteiger partial charge in [-0.1, -0.05) is 6.92 Å². The summed E-state index contributed by atoms with van der Waals surface area (Å²) >= 11 is 3.44. The Morgan fingerprint density at radius 2 is 2.17 bits per heavy atom. The molecule has 1 aliphatic rings. The first-order chi connectivity index (χ1) is 8.69. The molecule has 0 fully saturated rings. The molecule has 2 N–H and O–H groups in total. The van der Waals surface area contributed by atoms with Gasteiger partial charge in [0.2, 0.25) is 0 Å². The highest BCUT2D eigenvalue weighted by Gasteiger charge is 2.24. The smallest absolute Gasteiger partial charge is 0.165 e. The predicted octanol–water partition coefficient (Wildman–Crippen LogP) is 2.31. The Morgan fingerprint density at radius 3 is 2.83 bits per heavy atom. The lowest BCUT2D eigenvalue weighted by molar-refractivity contribution is 0.0982. The minimum absolute atomic E-state index is 0.0400. The first-order valence-electron chi connectivity index (χ1n) is 6.03. The highest BCUT2D eigenvalue weighted by Crippen LogP contribution is 2.40. The fourth-order valence-electron chi connectivity index (χ4n) is 2.11. The number of carbonyl (C=O) groups is 1. The maximum atomic E-state index is 12.1. The molecule has 0 saturated carbocycles. The molecule has 98 valence electrons. The average molecular weight is 314 g/mol. The van der Waals surface area contributed by atoms with E-state index < -0.39 is 0 Å². The van der Waals surface area contributed by atoms with E-state index in [1.54, 1.807) is 6.07 Å². The number of hydrogen-bond donors (Lipinski definition) is 1. The zero-order valence-electron chi connectivity index (χ0n) is 10.3. The summed E-state index contributed by atoms with van der Waals surface area (Å²) in [6.45, 7) is 3.41. The molecule has 0 amide bonds. The van der Waals surface area contributed by atoms with Crippen LogP contribution < -0.4 is 15.2 Å². The van der Waals surface area contributed by atoms with Crippen molar-refractivity contribution in [2.75, 3.05) is 19.8 Å². The largest absolute Gasteiger partial charge is 0.486 e.